The van der Waals surface area contributed by atoms with Crippen LogP contribution >= 0.6 is 11.8 Å². The number of nitriles is 1. The molecular formula is C27H28N2O4S. The zero-order valence-electron chi connectivity index (χ0n) is 19.7. The van der Waals surface area contributed by atoms with Crippen molar-refractivity contribution >= 4 is 29.0 Å². The van der Waals surface area contributed by atoms with Crippen LogP contribution in [0.5, 0.6) is 11.5 Å². The van der Waals surface area contributed by atoms with Gasteiger partial charge in [-0.1, -0.05) is 31.2 Å². The molecule has 0 N–H and O–H groups in total. The summed E-state index contributed by atoms with van der Waals surface area (Å²) in [5.74, 6) is 0.823. The van der Waals surface area contributed by atoms with Crippen LogP contribution in [0.2, 0.25) is 0 Å². The monoisotopic (exact) mass is 476 g/mol. The number of rotatable bonds is 10. The highest BCUT2D eigenvalue weighted by molar-refractivity contribution is 8.18. The normalized spacial score (nSPS) is 15.4. The van der Waals surface area contributed by atoms with Gasteiger partial charge in [0.25, 0.3) is 11.1 Å². The Morgan fingerprint density at radius 1 is 1.18 bits per heavy atom. The molecule has 2 aromatic carbocycles. The number of ether oxygens (including phenoxy) is 2. The predicted molar refractivity (Wildman–Crippen MR) is 135 cm³/mol. The number of benzene rings is 2. The molecule has 0 radical (unpaired) electrons. The Morgan fingerprint density at radius 3 is 2.62 bits per heavy atom. The molecule has 2 amide bonds. The molecule has 0 unspecified atom stereocenters. The van der Waals surface area contributed by atoms with Gasteiger partial charge >= 0.3 is 0 Å². The fourth-order valence-electron chi connectivity index (χ4n) is 3.60. The summed E-state index contributed by atoms with van der Waals surface area (Å²) in [7, 11) is 0. The molecule has 0 bridgehead atoms. The molecule has 6 nitrogen and oxygen atoms in total. The largest absolute Gasteiger partial charge is 0.490 e. The minimum absolute atomic E-state index is 0.152. The van der Waals surface area contributed by atoms with Crippen LogP contribution in [0.3, 0.4) is 0 Å². The smallest absolute Gasteiger partial charge is 0.293 e. The molecule has 1 heterocycles. The molecule has 0 aromatic heterocycles. The predicted octanol–water partition coefficient (Wildman–Crippen LogP) is 6.10. The Kier molecular flexibility index (Phi) is 8.55. The number of amides is 2. The quantitative estimate of drug-likeness (QED) is 0.304. The number of hydrogen-bond donors (Lipinski definition) is 0. The van der Waals surface area contributed by atoms with E-state index in [0.717, 1.165) is 28.5 Å². The van der Waals surface area contributed by atoms with Crippen molar-refractivity contribution < 1.29 is 19.1 Å². The van der Waals surface area contributed by atoms with Gasteiger partial charge < -0.3 is 9.47 Å². The number of carbonyl (C=O) groups excluding carboxylic acids is 2. The zero-order chi connectivity index (χ0) is 24.7. The number of carbonyl (C=O) groups is 2. The summed E-state index contributed by atoms with van der Waals surface area (Å²) < 4.78 is 12.0. The third kappa shape index (κ3) is 5.52. The topological polar surface area (TPSA) is 79.6 Å². The SMILES string of the molecule is C=CCc1cc(/C=C2/SC(=O)N([C@H](C)CC)C2=O)cc(OCC)c1OCc1ccccc1C#N. The molecule has 0 aliphatic carbocycles. The van der Waals surface area contributed by atoms with Crippen LogP contribution in [0, 0.1) is 11.3 Å². The molecule has 0 spiro atoms. The Bertz CT molecular complexity index is 1170. The summed E-state index contributed by atoms with van der Waals surface area (Å²) in [5, 5.41) is 9.12. The second-order valence-electron chi connectivity index (χ2n) is 7.80. The fourth-order valence-corrected chi connectivity index (χ4v) is 4.53. The lowest BCUT2D eigenvalue weighted by Crippen LogP contribution is -2.36. The number of thioether (sulfide) groups is 1. The molecule has 0 saturated carbocycles. The summed E-state index contributed by atoms with van der Waals surface area (Å²) in [4.78, 5) is 26.9. The molecule has 2 aromatic rings. The van der Waals surface area contributed by atoms with Crippen molar-refractivity contribution in [2.24, 2.45) is 0 Å². The van der Waals surface area contributed by atoms with Crippen LogP contribution in [-0.4, -0.2) is 28.7 Å². The highest BCUT2D eigenvalue weighted by Gasteiger charge is 2.37. The van der Waals surface area contributed by atoms with E-state index in [4.69, 9.17) is 9.47 Å². The van der Waals surface area contributed by atoms with Crippen molar-refractivity contribution in [1.82, 2.24) is 4.90 Å². The molecular weight excluding hydrogens is 448 g/mol. The third-order valence-electron chi connectivity index (χ3n) is 5.48. The van der Waals surface area contributed by atoms with Crippen LogP contribution in [0.4, 0.5) is 4.79 Å². The molecule has 176 valence electrons. The van der Waals surface area contributed by atoms with Crippen LogP contribution in [-0.2, 0) is 17.8 Å². The number of hydrogen-bond acceptors (Lipinski definition) is 6. The first-order valence-electron chi connectivity index (χ1n) is 11.2. The van der Waals surface area contributed by atoms with E-state index in [2.05, 4.69) is 12.6 Å². The molecule has 7 heteroatoms. The summed E-state index contributed by atoms with van der Waals surface area (Å²) in [6.45, 7) is 10.2. The Morgan fingerprint density at radius 2 is 1.94 bits per heavy atom. The summed E-state index contributed by atoms with van der Waals surface area (Å²) in [6.07, 6.45) is 4.70. The van der Waals surface area contributed by atoms with Gasteiger partial charge in [0.1, 0.15) is 6.61 Å². The fraction of sp³-hybridized carbons (Fsp3) is 0.296. The molecule has 34 heavy (non-hydrogen) atoms. The second-order valence-corrected chi connectivity index (χ2v) is 8.79. The Labute approximate surface area is 204 Å². The van der Waals surface area contributed by atoms with Crippen molar-refractivity contribution in [2.75, 3.05) is 6.61 Å². The maximum atomic E-state index is 12.8. The van der Waals surface area contributed by atoms with Gasteiger partial charge in [0.2, 0.25) is 0 Å². The maximum Gasteiger partial charge on any atom is 0.293 e. The summed E-state index contributed by atoms with van der Waals surface area (Å²) in [5.41, 5.74) is 2.90. The average molecular weight is 477 g/mol. The van der Waals surface area contributed by atoms with E-state index in [1.165, 1.54) is 4.90 Å². The van der Waals surface area contributed by atoms with Gasteiger partial charge in [-0.2, -0.15) is 5.26 Å². The molecule has 1 atom stereocenters. The minimum Gasteiger partial charge on any atom is -0.490 e. The number of nitrogens with zero attached hydrogens (tertiary/aromatic N) is 2. The lowest BCUT2D eigenvalue weighted by Gasteiger charge is -2.19. The van der Waals surface area contributed by atoms with Crippen molar-refractivity contribution in [3.63, 3.8) is 0 Å². The Hall–Kier alpha value is -3.50. The molecule has 1 aliphatic heterocycles. The lowest BCUT2D eigenvalue weighted by atomic mass is 10.0. The summed E-state index contributed by atoms with van der Waals surface area (Å²) in [6, 6.07) is 13.0. The van der Waals surface area contributed by atoms with E-state index >= 15 is 0 Å². The van der Waals surface area contributed by atoms with E-state index in [9.17, 15) is 14.9 Å². The number of allylic oxidation sites excluding steroid dienone is 1. The summed E-state index contributed by atoms with van der Waals surface area (Å²) >= 11 is 0.950. The molecule has 1 fully saturated rings. The van der Waals surface area contributed by atoms with E-state index < -0.39 is 0 Å². The van der Waals surface area contributed by atoms with E-state index in [0.29, 0.717) is 41.4 Å². The average Bonchev–Trinajstić information content (AvgIpc) is 3.11. The van der Waals surface area contributed by atoms with Crippen molar-refractivity contribution in [3.8, 4) is 17.6 Å². The maximum absolute atomic E-state index is 12.8. The molecule has 3 rings (SSSR count). The minimum atomic E-state index is -0.277. The highest BCUT2D eigenvalue weighted by Crippen LogP contribution is 2.38. The van der Waals surface area contributed by atoms with Gasteiger partial charge in [-0.3, -0.25) is 14.5 Å². The van der Waals surface area contributed by atoms with Gasteiger partial charge in [0.05, 0.1) is 23.1 Å². The van der Waals surface area contributed by atoms with Crippen molar-refractivity contribution in [1.29, 1.82) is 5.26 Å². The standard InChI is InChI=1S/C27H28N2O4S/c1-5-10-20-13-19(15-24-26(30)29(18(4)6-2)27(31)34-24)14-23(32-7-3)25(20)33-17-22-12-9-8-11-21(22)16-28/h5,8-9,11-15,18H,1,6-7,10,17H2,2-4H3/b24-15+/t18-/m1/s1. The first-order chi connectivity index (χ1) is 16.4. The zero-order valence-corrected chi connectivity index (χ0v) is 20.5. The molecule has 1 saturated heterocycles. The van der Waals surface area contributed by atoms with Crippen LogP contribution in [0.1, 0.15) is 49.4 Å². The third-order valence-corrected chi connectivity index (χ3v) is 6.36. The molecule has 1 aliphatic rings. The van der Waals surface area contributed by atoms with Gasteiger partial charge in [-0.25, -0.2) is 0 Å². The lowest BCUT2D eigenvalue weighted by molar-refractivity contribution is -0.124. The van der Waals surface area contributed by atoms with Crippen molar-refractivity contribution in [3.05, 3.63) is 76.2 Å². The van der Waals surface area contributed by atoms with Crippen LogP contribution < -0.4 is 9.47 Å². The first-order valence-corrected chi connectivity index (χ1v) is 12.0. The van der Waals surface area contributed by atoms with Gasteiger partial charge in [-0.15, -0.1) is 6.58 Å². The van der Waals surface area contributed by atoms with E-state index in [1.807, 2.05) is 45.0 Å². The van der Waals surface area contributed by atoms with Crippen LogP contribution in [0.15, 0.2) is 54.0 Å². The van der Waals surface area contributed by atoms with Crippen molar-refractivity contribution in [2.45, 2.75) is 46.3 Å². The van der Waals surface area contributed by atoms with E-state index in [1.54, 1.807) is 24.3 Å². The van der Waals surface area contributed by atoms with Gasteiger partial charge in [0, 0.05) is 17.2 Å². The van der Waals surface area contributed by atoms with E-state index in [-0.39, 0.29) is 23.8 Å². The number of imide groups is 1. The van der Waals surface area contributed by atoms with Gasteiger partial charge in [0.15, 0.2) is 11.5 Å². The van der Waals surface area contributed by atoms with Gasteiger partial charge in [-0.05, 0) is 68.3 Å². The Balaban J connectivity index is 1.97. The first kappa shape index (κ1) is 25.1. The highest BCUT2D eigenvalue weighted by atomic mass is 32.2. The van der Waals surface area contributed by atoms with Crippen LogP contribution in [0.25, 0.3) is 6.08 Å². The second kappa shape index (κ2) is 11.6.